The van der Waals surface area contributed by atoms with E-state index in [-0.39, 0.29) is 29.1 Å². The number of nitrogens with one attached hydrogen (secondary N) is 1. The van der Waals surface area contributed by atoms with E-state index in [1.807, 2.05) is 23.4 Å². The van der Waals surface area contributed by atoms with E-state index in [0.717, 1.165) is 11.3 Å². The molecule has 3 aromatic rings. The molecule has 0 saturated heterocycles. The summed E-state index contributed by atoms with van der Waals surface area (Å²) in [6.07, 6.45) is 3.17. The number of benzene rings is 2. The maximum absolute atomic E-state index is 13.9. The molecule has 3 N–H and O–H groups in total. The topological polar surface area (TPSA) is 90.9 Å². The maximum atomic E-state index is 13.9. The van der Waals surface area contributed by atoms with Crippen molar-refractivity contribution < 1.29 is 8.78 Å². The molecule has 0 spiro atoms. The van der Waals surface area contributed by atoms with Gasteiger partial charge in [-0.25, -0.2) is 18.7 Å². The highest BCUT2D eigenvalue weighted by Gasteiger charge is 2.26. The summed E-state index contributed by atoms with van der Waals surface area (Å²) >= 11 is 1.29. The molecule has 30 heavy (non-hydrogen) atoms. The van der Waals surface area contributed by atoms with Gasteiger partial charge in [-0.2, -0.15) is 5.26 Å². The number of nitrogens with zero attached hydrogens (tertiary/aromatic N) is 4. The van der Waals surface area contributed by atoms with Crippen molar-refractivity contribution in [1.82, 2.24) is 9.97 Å². The molecular weight excluding hydrogens is 406 g/mol. The van der Waals surface area contributed by atoms with E-state index in [1.165, 1.54) is 42.5 Å². The Morgan fingerprint density at radius 3 is 2.73 bits per heavy atom. The number of nitrogens with two attached hydrogens (primary N) is 1. The van der Waals surface area contributed by atoms with Crippen LogP contribution >= 0.6 is 11.9 Å². The fourth-order valence-corrected chi connectivity index (χ4v) is 4.21. The van der Waals surface area contributed by atoms with Gasteiger partial charge >= 0.3 is 0 Å². The average Bonchev–Trinajstić information content (AvgIpc) is 2.73. The standard InChI is InChI=1S/C21H16F2N6S/c1-12(28-21-17(10-24)20(25)26-11-27-21)18-7-13-5-6-15(23)9-19(13)30-29(18)16-4-2-3-14(22)8-16/h2-9,11-12H,1H3,(H3,25,26,27,28)/t12-/m0/s1. The van der Waals surface area contributed by atoms with Gasteiger partial charge in [0, 0.05) is 4.90 Å². The maximum Gasteiger partial charge on any atom is 0.150 e. The summed E-state index contributed by atoms with van der Waals surface area (Å²) in [7, 11) is 0. The molecule has 4 rings (SSSR count). The summed E-state index contributed by atoms with van der Waals surface area (Å²) in [5.41, 5.74) is 8.12. The van der Waals surface area contributed by atoms with Gasteiger partial charge < -0.3 is 11.1 Å². The lowest BCUT2D eigenvalue weighted by atomic mass is 10.1. The first-order chi connectivity index (χ1) is 14.5. The van der Waals surface area contributed by atoms with E-state index in [2.05, 4.69) is 15.3 Å². The molecule has 0 fully saturated rings. The summed E-state index contributed by atoms with van der Waals surface area (Å²) in [5.74, 6) is -0.350. The third kappa shape index (κ3) is 3.77. The van der Waals surface area contributed by atoms with E-state index in [1.54, 1.807) is 18.2 Å². The van der Waals surface area contributed by atoms with Gasteiger partial charge in [-0.1, -0.05) is 12.1 Å². The molecule has 1 aliphatic heterocycles. The minimum atomic E-state index is -0.381. The van der Waals surface area contributed by atoms with Gasteiger partial charge in [-0.3, -0.25) is 4.31 Å². The zero-order chi connectivity index (χ0) is 21.3. The van der Waals surface area contributed by atoms with Gasteiger partial charge in [-0.05, 0) is 60.8 Å². The summed E-state index contributed by atoms with van der Waals surface area (Å²) in [4.78, 5) is 8.67. The summed E-state index contributed by atoms with van der Waals surface area (Å²) in [6.45, 7) is 1.88. The number of halogens is 2. The second-order valence-corrected chi connectivity index (χ2v) is 7.56. The molecule has 0 unspecified atom stereocenters. The first-order valence-corrected chi connectivity index (χ1v) is 9.75. The molecule has 1 atom stereocenters. The Kier molecular flexibility index (Phi) is 5.25. The first-order valence-electron chi connectivity index (χ1n) is 8.98. The molecule has 6 nitrogen and oxygen atoms in total. The van der Waals surface area contributed by atoms with Crippen LogP contribution in [0.25, 0.3) is 6.08 Å². The Labute approximate surface area is 176 Å². The third-order valence-electron chi connectivity index (χ3n) is 4.53. The van der Waals surface area contributed by atoms with Crippen LogP contribution < -0.4 is 15.4 Å². The van der Waals surface area contributed by atoms with Gasteiger partial charge in [0.15, 0.2) is 0 Å². The molecule has 0 bridgehead atoms. The van der Waals surface area contributed by atoms with E-state index in [9.17, 15) is 14.0 Å². The molecule has 0 amide bonds. The third-order valence-corrected chi connectivity index (χ3v) is 5.69. The lowest BCUT2D eigenvalue weighted by Gasteiger charge is -2.34. The van der Waals surface area contributed by atoms with Crippen molar-refractivity contribution in [3.63, 3.8) is 0 Å². The number of nitrogen functional groups attached to an aromatic ring is 1. The van der Waals surface area contributed by atoms with Crippen LogP contribution in [0.4, 0.5) is 26.1 Å². The molecule has 0 radical (unpaired) electrons. The van der Waals surface area contributed by atoms with Crippen LogP contribution in [-0.2, 0) is 0 Å². The number of rotatable bonds is 4. The van der Waals surface area contributed by atoms with Crippen molar-refractivity contribution in [2.24, 2.45) is 0 Å². The molecule has 0 saturated carbocycles. The highest BCUT2D eigenvalue weighted by molar-refractivity contribution is 8.01. The number of fused-ring (bicyclic) bond motifs is 1. The Bertz CT molecular complexity index is 1190. The van der Waals surface area contributed by atoms with Gasteiger partial charge in [0.05, 0.1) is 17.4 Å². The predicted molar refractivity (Wildman–Crippen MR) is 113 cm³/mol. The largest absolute Gasteiger partial charge is 0.382 e. The Hall–Kier alpha value is -3.64. The number of nitriles is 1. The molecule has 9 heteroatoms. The van der Waals surface area contributed by atoms with Crippen molar-refractivity contribution in [3.8, 4) is 6.07 Å². The van der Waals surface area contributed by atoms with E-state index < -0.39 is 0 Å². The van der Waals surface area contributed by atoms with Crippen molar-refractivity contribution in [1.29, 1.82) is 5.26 Å². The van der Waals surface area contributed by atoms with Gasteiger partial charge in [-0.15, -0.1) is 0 Å². The Morgan fingerprint density at radius 1 is 1.17 bits per heavy atom. The molecule has 1 aliphatic rings. The van der Waals surface area contributed by atoms with Crippen LogP contribution in [0.5, 0.6) is 0 Å². The van der Waals surface area contributed by atoms with Crippen LogP contribution in [0.2, 0.25) is 0 Å². The summed E-state index contributed by atoms with van der Waals surface area (Å²) in [6, 6.07) is 12.3. The second-order valence-electron chi connectivity index (χ2n) is 6.58. The van der Waals surface area contributed by atoms with Crippen molar-refractivity contribution in [3.05, 3.63) is 77.3 Å². The number of hydrogen-bond donors (Lipinski definition) is 2. The predicted octanol–water partition coefficient (Wildman–Crippen LogP) is 4.58. The monoisotopic (exact) mass is 422 g/mol. The fraction of sp³-hybridized carbons (Fsp3) is 0.0952. The second kappa shape index (κ2) is 8.00. The highest BCUT2D eigenvalue weighted by atomic mass is 32.2. The smallest absolute Gasteiger partial charge is 0.150 e. The zero-order valence-corrected chi connectivity index (χ0v) is 16.6. The molecule has 1 aromatic heterocycles. The average molecular weight is 422 g/mol. The Morgan fingerprint density at radius 2 is 1.97 bits per heavy atom. The highest BCUT2D eigenvalue weighted by Crippen LogP contribution is 2.41. The van der Waals surface area contributed by atoms with Crippen molar-refractivity contribution in [2.75, 3.05) is 15.4 Å². The number of aromatic nitrogens is 2. The van der Waals surface area contributed by atoms with Crippen LogP contribution in [0.15, 0.2) is 59.4 Å². The molecule has 0 aliphatic carbocycles. The minimum absolute atomic E-state index is 0.0806. The molecule has 2 heterocycles. The first kappa shape index (κ1) is 19.7. The summed E-state index contributed by atoms with van der Waals surface area (Å²) in [5, 5.41) is 12.6. The van der Waals surface area contributed by atoms with Gasteiger partial charge in [0.2, 0.25) is 0 Å². The lowest BCUT2D eigenvalue weighted by Crippen LogP contribution is -2.30. The van der Waals surface area contributed by atoms with Crippen LogP contribution in [0.1, 0.15) is 18.1 Å². The fourth-order valence-electron chi connectivity index (χ4n) is 3.08. The van der Waals surface area contributed by atoms with Crippen molar-refractivity contribution in [2.45, 2.75) is 17.9 Å². The van der Waals surface area contributed by atoms with E-state index >= 15 is 0 Å². The normalized spacial score (nSPS) is 13.8. The van der Waals surface area contributed by atoms with Gasteiger partial charge in [0.25, 0.3) is 0 Å². The SMILES string of the molecule is C[C@H](Nc1ncnc(N)c1C#N)C1=Cc2ccc(F)cc2SN1c1cccc(F)c1. The van der Waals surface area contributed by atoms with Gasteiger partial charge in [0.1, 0.15) is 41.2 Å². The van der Waals surface area contributed by atoms with E-state index in [4.69, 9.17) is 5.73 Å². The zero-order valence-electron chi connectivity index (χ0n) is 15.8. The van der Waals surface area contributed by atoms with E-state index in [0.29, 0.717) is 16.4 Å². The quantitative estimate of drug-likeness (QED) is 0.595. The number of anilines is 3. The number of hydrogen-bond acceptors (Lipinski definition) is 7. The lowest BCUT2D eigenvalue weighted by molar-refractivity contribution is 0.623. The molecule has 2 aromatic carbocycles. The minimum Gasteiger partial charge on any atom is -0.382 e. The van der Waals surface area contributed by atoms with Crippen LogP contribution in [0.3, 0.4) is 0 Å². The molecule has 150 valence electrons. The summed E-state index contributed by atoms with van der Waals surface area (Å²) < 4.78 is 29.5. The Balaban J connectivity index is 1.76. The molecular formula is C21H16F2N6S. The van der Waals surface area contributed by atoms with Crippen LogP contribution in [-0.4, -0.2) is 16.0 Å². The van der Waals surface area contributed by atoms with Crippen LogP contribution in [0, 0.1) is 23.0 Å². The van der Waals surface area contributed by atoms with Crippen molar-refractivity contribution >= 4 is 35.3 Å².